The number of hydrazine groups is 1. The van der Waals surface area contributed by atoms with Gasteiger partial charge in [-0.2, -0.15) is 21.6 Å². The number of nitrogens with one attached hydrogen (secondary N) is 1. The molecule has 0 spiro atoms. The molecule has 0 aromatic rings. The SMILES string of the molecule is NN(CC(=O)NCC(O)C(F)(F)F)S(N)(=O)=O. The summed E-state index contributed by atoms with van der Waals surface area (Å²) in [6, 6.07) is 0. The lowest BCUT2D eigenvalue weighted by atomic mass is 10.3. The summed E-state index contributed by atoms with van der Waals surface area (Å²) < 4.78 is 56.4. The Balaban J connectivity index is 4.14. The molecule has 1 atom stereocenters. The van der Waals surface area contributed by atoms with E-state index >= 15 is 0 Å². The summed E-state index contributed by atoms with van der Waals surface area (Å²) in [5.41, 5.74) is 0. The van der Waals surface area contributed by atoms with E-state index in [1.165, 1.54) is 0 Å². The molecule has 6 N–H and O–H groups in total. The number of aliphatic hydroxyl groups is 1. The highest BCUT2D eigenvalue weighted by atomic mass is 32.2. The van der Waals surface area contributed by atoms with Crippen LogP contribution < -0.4 is 16.3 Å². The average Bonchev–Trinajstić information content (AvgIpc) is 2.10. The fourth-order valence-corrected chi connectivity index (χ4v) is 0.911. The zero-order valence-corrected chi connectivity index (χ0v) is 9.12. The monoisotopic (exact) mass is 280 g/mol. The normalized spacial score (nSPS) is 14.8. The van der Waals surface area contributed by atoms with Crippen molar-refractivity contribution in [3.63, 3.8) is 0 Å². The molecule has 102 valence electrons. The number of alkyl halides is 3. The molecule has 8 nitrogen and oxygen atoms in total. The predicted octanol–water partition coefficient (Wildman–Crippen LogP) is -2.59. The number of halogens is 3. The highest BCUT2D eigenvalue weighted by Gasteiger charge is 2.38. The molecule has 0 fully saturated rings. The molecule has 0 saturated carbocycles. The van der Waals surface area contributed by atoms with E-state index in [2.05, 4.69) is 5.14 Å². The Labute approximate surface area is 94.5 Å². The first kappa shape index (κ1) is 16.1. The molecule has 0 aliphatic carbocycles. The van der Waals surface area contributed by atoms with E-state index in [9.17, 15) is 26.4 Å². The van der Waals surface area contributed by atoms with Gasteiger partial charge in [0.2, 0.25) is 5.91 Å². The van der Waals surface area contributed by atoms with Crippen molar-refractivity contribution in [1.82, 2.24) is 9.73 Å². The minimum absolute atomic E-state index is 0.0533. The Morgan fingerprint density at radius 1 is 1.47 bits per heavy atom. The van der Waals surface area contributed by atoms with Crippen LogP contribution in [0.5, 0.6) is 0 Å². The maximum atomic E-state index is 11.8. The number of nitrogens with zero attached hydrogens (tertiary/aromatic N) is 1. The number of aliphatic hydroxyl groups excluding tert-OH is 1. The molecule has 0 saturated heterocycles. The Morgan fingerprint density at radius 3 is 2.29 bits per heavy atom. The Morgan fingerprint density at radius 2 is 1.94 bits per heavy atom. The number of carbonyl (C=O) groups is 1. The number of amides is 1. The van der Waals surface area contributed by atoms with Gasteiger partial charge >= 0.3 is 6.18 Å². The van der Waals surface area contributed by atoms with Crippen molar-refractivity contribution in [2.45, 2.75) is 12.3 Å². The van der Waals surface area contributed by atoms with Gasteiger partial charge in [-0.3, -0.25) is 10.6 Å². The van der Waals surface area contributed by atoms with Crippen molar-refractivity contribution >= 4 is 16.1 Å². The van der Waals surface area contributed by atoms with E-state index < -0.39 is 41.5 Å². The zero-order valence-electron chi connectivity index (χ0n) is 8.31. The van der Waals surface area contributed by atoms with Crippen LogP contribution in [0.4, 0.5) is 13.2 Å². The fraction of sp³-hybridized carbons (Fsp3) is 0.800. The van der Waals surface area contributed by atoms with Crippen molar-refractivity contribution in [3.8, 4) is 0 Å². The summed E-state index contributed by atoms with van der Waals surface area (Å²) in [5, 5.41) is 14.7. The predicted molar refractivity (Wildman–Crippen MR) is 49.1 cm³/mol. The van der Waals surface area contributed by atoms with E-state index in [1.807, 2.05) is 0 Å². The maximum absolute atomic E-state index is 11.8. The van der Waals surface area contributed by atoms with Gasteiger partial charge < -0.3 is 10.4 Å². The molecule has 1 unspecified atom stereocenters. The van der Waals surface area contributed by atoms with Gasteiger partial charge in [0, 0.05) is 0 Å². The molecular formula is C5H11F3N4O4S. The highest BCUT2D eigenvalue weighted by Crippen LogP contribution is 2.18. The van der Waals surface area contributed by atoms with Gasteiger partial charge in [-0.25, -0.2) is 5.14 Å². The molecule has 0 radical (unpaired) electrons. The number of rotatable bonds is 5. The Kier molecular flexibility index (Phi) is 5.28. The third kappa shape index (κ3) is 6.38. The van der Waals surface area contributed by atoms with Gasteiger partial charge in [0.1, 0.15) is 6.54 Å². The Bertz CT molecular complexity index is 370. The van der Waals surface area contributed by atoms with Crippen molar-refractivity contribution < 1.29 is 31.5 Å². The van der Waals surface area contributed by atoms with Crippen LogP contribution in [-0.4, -0.2) is 49.2 Å². The summed E-state index contributed by atoms with van der Waals surface area (Å²) in [7, 11) is -4.30. The smallest absolute Gasteiger partial charge is 0.382 e. The third-order valence-corrected chi connectivity index (χ3v) is 2.28. The summed E-state index contributed by atoms with van der Waals surface area (Å²) in [5.74, 6) is 3.68. The number of hydrogen-bond acceptors (Lipinski definition) is 5. The first-order chi connectivity index (χ1) is 7.44. The van der Waals surface area contributed by atoms with Gasteiger partial charge in [-0.15, -0.1) is 4.41 Å². The van der Waals surface area contributed by atoms with E-state index in [0.29, 0.717) is 0 Å². The molecule has 12 heteroatoms. The van der Waals surface area contributed by atoms with E-state index in [1.54, 1.807) is 5.32 Å². The molecule has 0 aromatic carbocycles. The van der Waals surface area contributed by atoms with Crippen molar-refractivity contribution in [3.05, 3.63) is 0 Å². The molecular weight excluding hydrogens is 269 g/mol. The van der Waals surface area contributed by atoms with Gasteiger partial charge in [-0.1, -0.05) is 0 Å². The molecule has 1 amide bonds. The highest BCUT2D eigenvalue weighted by molar-refractivity contribution is 7.86. The van der Waals surface area contributed by atoms with Crippen molar-refractivity contribution in [2.75, 3.05) is 13.1 Å². The quantitative estimate of drug-likeness (QED) is 0.323. The van der Waals surface area contributed by atoms with Gasteiger partial charge in [0.25, 0.3) is 10.2 Å². The second kappa shape index (κ2) is 5.59. The topological polar surface area (TPSA) is 139 Å². The molecule has 0 heterocycles. The lowest BCUT2D eigenvalue weighted by molar-refractivity contribution is -0.201. The number of carbonyl (C=O) groups excluding carboxylic acids is 1. The lowest BCUT2D eigenvalue weighted by Gasteiger charge is -2.16. The minimum atomic E-state index is -4.88. The molecule has 0 aliphatic heterocycles. The molecule has 0 aliphatic rings. The van der Waals surface area contributed by atoms with E-state index in [0.717, 1.165) is 0 Å². The molecule has 0 rings (SSSR count). The van der Waals surface area contributed by atoms with Crippen LogP contribution in [0, 0.1) is 0 Å². The zero-order chi connectivity index (χ0) is 13.9. The fourth-order valence-electron chi connectivity index (χ4n) is 0.614. The van der Waals surface area contributed by atoms with Crippen LogP contribution in [0.1, 0.15) is 0 Å². The molecule has 0 aromatic heterocycles. The van der Waals surface area contributed by atoms with Crippen LogP contribution in [0.15, 0.2) is 0 Å². The molecule has 0 bridgehead atoms. The van der Waals surface area contributed by atoms with E-state index in [4.69, 9.17) is 10.9 Å². The molecule has 17 heavy (non-hydrogen) atoms. The van der Waals surface area contributed by atoms with Gasteiger partial charge in [0.05, 0.1) is 6.54 Å². The van der Waals surface area contributed by atoms with E-state index in [-0.39, 0.29) is 4.41 Å². The van der Waals surface area contributed by atoms with Crippen molar-refractivity contribution in [1.29, 1.82) is 0 Å². The van der Waals surface area contributed by atoms with Gasteiger partial charge in [0.15, 0.2) is 6.10 Å². The third-order valence-electron chi connectivity index (χ3n) is 1.50. The minimum Gasteiger partial charge on any atom is -0.382 e. The van der Waals surface area contributed by atoms with Crippen LogP contribution >= 0.6 is 0 Å². The first-order valence-corrected chi connectivity index (χ1v) is 5.51. The maximum Gasteiger partial charge on any atom is 0.416 e. The second-order valence-electron chi connectivity index (χ2n) is 2.95. The summed E-state index contributed by atoms with van der Waals surface area (Å²) >= 11 is 0. The standard InChI is InChI=1S/C5H11F3N4O4S/c6-5(7,8)3(13)1-11-4(14)2-12(9)17(10,15)16/h3,13H,1-2,9H2,(H,11,14)(H2,10,15,16). The van der Waals surface area contributed by atoms with Gasteiger partial charge in [-0.05, 0) is 0 Å². The van der Waals surface area contributed by atoms with Crippen LogP contribution in [0.2, 0.25) is 0 Å². The summed E-state index contributed by atoms with van der Waals surface area (Å²) in [6.45, 7) is -2.07. The lowest BCUT2D eigenvalue weighted by Crippen LogP contribution is -2.49. The second-order valence-corrected chi connectivity index (χ2v) is 4.45. The first-order valence-electron chi connectivity index (χ1n) is 4.01. The largest absolute Gasteiger partial charge is 0.416 e. The van der Waals surface area contributed by atoms with Crippen LogP contribution in [0.3, 0.4) is 0 Å². The van der Waals surface area contributed by atoms with Crippen LogP contribution in [-0.2, 0) is 15.0 Å². The average molecular weight is 280 g/mol. The number of nitrogens with two attached hydrogens (primary N) is 2. The van der Waals surface area contributed by atoms with Crippen molar-refractivity contribution in [2.24, 2.45) is 11.0 Å². The Hall–Kier alpha value is -0.950. The summed E-state index contributed by atoms with van der Waals surface area (Å²) in [6.07, 6.45) is -7.62. The van der Waals surface area contributed by atoms with Crippen LogP contribution in [0.25, 0.3) is 0 Å². The number of hydrogen-bond donors (Lipinski definition) is 4. The summed E-state index contributed by atoms with van der Waals surface area (Å²) in [4.78, 5) is 10.9.